The number of hydrogen-bond donors (Lipinski definition) is 2. The molecule has 2 fully saturated rings. The van der Waals surface area contributed by atoms with E-state index in [1.54, 1.807) is 0 Å². The molecule has 70 valence electrons. The zero-order valence-electron chi connectivity index (χ0n) is 7.71. The maximum absolute atomic E-state index is 10.0. The number of rotatable bonds is 2. The summed E-state index contributed by atoms with van der Waals surface area (Å²) >= 11 is 0. The largest absolute Gasteiger partial charge is 0.387 e. The molecule has 0 radical (unpaired) electrons. The molecule has 2 aliphatic rings. The molecule has 0 amide bonds. The summed E-state index contributed by atoms with van der Waals surface area (Å²) < 4.78 is 0. The second-order valence-corrected chi connectivity index (χ2v) is 4.45. The van der Waals surface area contributed by atoms with Gasteiger partial charge in [-0.2, -0.15) is 0 Å². The number of aliphatic hydroxyl groups is 1. The third kappa shape index (κ3) is 1.63. The molecular formula is C9H18N2O. The first-order valence-electron chi connectivity index (χ1n) is 4.83. The van der Waals surface area contributed by atoms with Crippen molar-refractivity contribution >= 4 is 0 Å². The Kier molecular flexibility index (Phi) is 2.10. The van der Waals surface area contributed by atoms with Gasteiger partial charge in [-0.25, -0.2) is 0 Å². The van der Waals surface area contributed by atoms with E-state index < -0.39 is 5.60 Å². The Labute approximate surface area is 73.8 Å². The Hall–Kier alpha value is -0.120. The Bertz CT molecular complexity index is 160. The van der Waals surface area contributed by atoms with Gasteiger partial charge < -0.3 is 10.4 Å². The zero-order chi connectivity index (χ0) is 8.60. The minimum Gasteiger partial charge on any atom is -0.387 e. The molecule has 2 aliphatic heterocycles. The number of nitrogens with one attached hydrogen (secondary N) is 1. The second kappa shape index (κ2) is 2.98. The molecule has 0 aromatic rings. The van der Waals surface area contributed by atoms with Crippen LogP contribution in [-0.4, -0.2) is 48.3 Å². The van der Waals surface area contributed by atoms with Gasteiger partial charge in [0.2, 0.25) is 0 Å². The van der Waals surface area contributed by atoms with E-state index in [9.17, 15) is 5.11 Å². The van der Waals surface area contributed by atoms with Gasteiger partial charge >= 0.3 is 0 Å². The molecule has 0 saturated carbocycles. The van der Waals surface area contributed by atoms with Gasteiger partial charge in [-0.15, -0.1) is 0 Å². The lowest BCUT2D eigenvalue weighted by molar-refractivity contribution is -0.0146. The molecule has 0 aliphatic carbocycles. The van der Waals surface area contributed by atoms with Crippen LogP contribution in [0.25, 0.3) is 0 Å². The fraction of sp³-hybridized carbons (Fsp3) is 1.00. The lowest BCUT2D eigenvalue weighted by Gasteiger charge is -2.41. The van der Waals surface area contributed by atoms with Crippen molar-refractivity contribution in [1.82, 2.24) is 10.2 Å². The predicted molar refractivity (Wildman–Crippen MR) is 48.0 cm³/mol. The molecule has 3 nitrogen and oxygen atoms in total. The Morgan fingerprint density at radius 3 is 2.83 bits per heavy atom. The fourth-order valence-corrected chi connectivity index (χ4v) is 2.24. The minimum absolute atomic E-state index is 0.430. The quantitative estimate of drug-likeness (QED) is 0.595. The van der Waals surface area contributed by atoms with Gasteiger partial charge in [0.15, 0.2) is 0 Å². The van der Waals surface area contributed by atoms with Crippen LogP contribution in [0.15, 0.2) is 0 Å². The fourth-order valence-electron chi connectivity index (χ4n) is 2.24. The molecule has 3 heteroatoms. The summed E-state index contributed by atoms with van der Waals surface area (Å²) in [5.74, 6) is 0.836. The van der Waals surface area contributed by atoms with E-state index in [2.05, 4.69) is 17.1 Å². The highest BCUT2D eigenvalue weighted by atomic mass is 16.3. The van der Waals surface area contributed by atoms with Crippen molar-refractivity contribution in [2.24, 2.45) is 5.92 Å². The van der Waals surface area contributed by atoms with Crippen LogP contribution < -0.4 is 5.32 Å². The van der Waals surface area contributed by atoms with Crippen LogP contribution in [-0.2, 0) is 0 Å². The Morgan fingerprint density at radius 1 is 1.58 bits per heavy atom. The first-order valence-corrected chi connectivity index (χ1v) is 4.83. The highest BCUT2D eigenvalue weighted by Gasteiger charge is 2.36. The van der Waals surface area contributed by atoms with E-state index >= 15 is 0 Å². The summed E-state index contributed by atoms with van der Waals surface area (Å²) in [7, 11) is 0. The van der Waals surface area contributed by atoms with Crippen LogP contribution in [0.5, 0.6) is 0 Å². The lowest BCUT2D eigenvalue weighted by atomic mass is 9.96. The van der Waals surface area contributed by atoms with E-state index in [4.69, 9.17) is 0 Å². The maximum atomic E-state index is 10.0. The maximum Gasteiger partial charge on any atom is 0.0909 e. The molecule has 12 heavy (non-hydrogen) atoms. The van der Waals surface area contributed by atoms with E-state index in [1.165, 1.54) is 13.1 Å². The molecule has 0 bridgehead atoms. The SMILES string of the molecule is CC1CN(CC2(O)CCNC2)C1. The van der Waals surface area contributed by atoms with Crippen molar-refractivity contribution in [2.75, 3.05) is 32.7 Å². The minimum atomic E-state index is -0.430. The molecule has 0 aromatic carbocycles. The van der Waals surface area contributed by atoms with Gasteiger partial charge in [-0.05, 0) is 18.9 Å². The van der Waals surface area contributed by atoms with Crippen LogP contribution in [0.4, 0.5) is 0 Å². The van der Waals surface area contributed by atoms with Crippen LogP contribution in [0, 0.1) is 5.92 Å². The molecule has 2 rings (SSSR count). The summed E-state index contributed by atoms with van der Waals surface area (Å²) in [5.41, 5.74) is -0.430. The van der Waals surface area contributed by atoms with E-state index in [1.807, 2.05) is 0 Å². The number of nitrogens with zero attached hydrogens (tertiary/aromatic N) is 1. The molecule has 1 atom stereocenters. The average Bonchev–Trinajstić information content (AvgIpc) is 2.33. The molecule has 2 saturated heterocycles. The monoisotopic (exact) mass is 170 g/mol. The molecule has 0 spiro atoms. The van der Waals surface area contributed by atoms with Gasteiger partial charge in [0, 0.05) is 26.2 Å². The highest BCUT2D eigenvalue weighted by molar-refractivity contribution is 4.93. The summed E-state index contributed by atoms with van der Waals surface area (Å²) in [5, 5.41) is 13.2. The van der Waals surface area contributed by atoms with Crippen LogP contribution in [0.2, 0.25) is 0 Å². The lowest BCUT2D eigenvalue weighted by Crippen LogP contribution is -2.53. The summed E-state index contributed by atoms with van der Waals surface area (Å²) in [6, 6.07) is 0. The molecule has 1 unspecified atom stereocenters. The van der Waals surface area contributed by atoms with Crippen molar-refractivity contribution in [3.8, 4) is 0 Å². The number of hydrogen-bond acceptors (Lipinski definition) is 3. The number of likely N-dealkylation sites (tertiary alicyclic amines) is 1. The third-order valence-electron chi connectivity index (χ3n) is 2.88. The smallest absolute Gasteiger partial charge is 0.0909 e. The van der Waals surface area contributed by atoms with Crippen molar-refractivity contribution in [3.63, 3.8) is 0 Å². The topological polar surface area (TPSA) is 35.5 Å². The second-order valence-electron chi connectivity index (χ2n) is 4.45. The van der Waals surface area contributed by atoms with Crippen molar-refractivity contribution < 1.29 is 5.11 Å². The zero-order valence-corrected chi connectivity index (χ0v) is 7.71. The van der Waals surface area contributed by atoms with E-state index in [0.717, 1.165) is 32.0 Å². The summed E-state index contributed by atoms with van der Waals surface area (Å²) in [4.78, 5) is 2.34. The summed E-state index contributed by atoms with van der Waals surface area (Å²) in [6.07, 6.45) is 0.915. The van der Waals surface area contributed by atoms with Crippen molar-refractivity contribution in [3.05, 3.63) is 0 Å². The first kappa shape index (κ1) is 8.48. The van der Waals surface area contributed by atoms with Crippen molar-refractivity contribution in [1.29, 1.82) is 0 Å². The standard InChI is InChI=1S/C9H18N2O/c1-8-4-11(5-8)7-9(12)2-3-10-6-9/h8,10,12H,2-7H2,1H3. The van der Waals surface area contributed by atoms with Crippen molar-refractivity contribution in [2.45, 2.75) is 18.9 Å². The van der Waals surface area contributed by atoms with Crippen LogP contribution in [0.1, 0.15) is 13.3 Å². The Morgan fingerprint density at radius 2 is 2.33 bits per heavy atom. The van der Waals surface area contributed by atoms with Gasteiger partial charge in [0.1, 0.15) is 0 Å². The van der Waals surface area contributed by atoms with Gasteiger partial charge in [0.05, 0.1) is 5.60 Å². The summed E-state index contributed by atoms with van der Waals surface area (Å²) in [6.45, 7) is 7.21. The molecule has 2 heterocycles. The normalized spacial score (nSPS) is 38.5. The van der Waals surface area contributed by atoms with E-state index in [-0.39, 0.29) is 0 Å². The predicted octanol–water partition coefficient (Wildman–Crippen LogP) is -0.337. The molecular weight excluding hydrogens is 152 g/mol. The van der Waals surface area contributed by atoms with E-state index in [0.29, 0.717) is 0 Å². The highest BCUT2D eigenvalue weighted by Crippen LogP contribution is 2.21. The van der Waals surface area contributed by atoms with Gasteiger partial charge in [-0.3, -0.25) is 4.90 Å². The van der Waals surface area contributed by atoms with Crippen LogP contribution >= 0.6 is 0 Å². The third-order valence-corrected chi connectivity index (χ3v) is 2.88. The van der Waals surface area contributed by atoms with Crippen LogP contribution in [0.3, 0.4) is 0 Å². The first-order chi connectivity index (χ1) is 5.68. The molecule has 0 aromatic heterocycles. The van der Waals surface area contributed by atoms with Gasteiger partial charge in [-0.1, -0.05) is 6.92 Å². The Balaban J connectivity index is 1.78. The number of β-amino-alcohol motifs (C(OH)–C–C–N with tert-alkyl or cyclic N) is 1. The molecule has 2 N–H and O–H groups in total. The average molecular weight is 170 g/mol. The van der Waals surface area contributed by atoms with Gasteiger partial charge in [0.25, 0.3) is 0 Å².